The summed E-state index contributed by atoms with van der Waals surface area (Å²) in [6.07, 6.45) is 1.53. The van der Waals surface area contributed by atoms with Crippen LogP contribution in [0.2, 0.25) is 0 Å². The van der Waals surface area contributed by atoms with Gasteiger partial charge >= 0.3 is 6.03 Å². The van der Waals surface area contributed by atoms with E-state index in [1.807, 2.05) is 42.5 Å². The number of imide groups is 2. The Kier molecular flexibility index (Phi) is 9.02. The van der Waals surface area contributed by atoms with E-state index in [4.69, 9.17) is 4.74 Å². The molecule has 0 radical (unpaired) electrons. The van der Waals surface area contributed by atoms with Crippen molar-refractivity contribution in [2.45, 2.75) is 20.5 Å². The average molecular weight is 672 g/mol. The van der Waals surface area contributed by atoms with Gasteiger partial charge in [0.2, 0.25) is 0 Å². The molecule has 4 amide bonds. The van der Waals surface area contributed by atoms with Crippen molar-refractivity contribution < 1.29 is 19.1 Å². The minimum atomic E-state index is -0.730. The Hall–Kier alpha value is -4.44. The molecule has 1 heterocycles. The number of nitrogens with zero attached hydrogens (tertiary/aromatic N) is 3. The van der Waals surface area contributed by atoms with Gasteiger partial charge in [-0.2, -0.15) is 0 Å². The van der Waals surface area contributed by atoms with Crippen LogP contribution >= 0.6 is 22.6 Å². The predicted octanol–water partition coefficient (Wildman–Crippen LogP) is 7.30. The zero-order chi connectivity index (χ0) is 29.6. The molecule has 0 unspecified atom stereocenters. The fourth-order valence-electron chi connectivity index (χ4n) is 4.79. The topological polar surface area (TPSA) is 70.2 Å². The summed E-state index contributed by atoms with van der Waals surface area (Å²) in [5, 5.41) is 0. The highest BCUT2D eigenvalue weighted by Crippen LogP contribution is 2.33. The largest absolute Gasteiger partial charge is 0.488 e. The Bertz CT molecular complexity index is 1550. The second-order valence-electron chi connectivity index (χ2n) is 9.60. The van der Waals surface area contributed by atoms with Crippen molar-refractivity contribution in [3.05, 3.63) is 123 Å². The third-order valence-corrected chi connectivity index (χ3v) is 7.73. The number of urea groups is 1. The molecule has 0 spiro atoms. The summed E-state index contributed by atoms with van der Waals surface area (Å²) in [6.45, 7) is 6.09. The third-order valence-electron chi connectivity index (χ3n) is 7.01. The number of benzene rings is 4. The molecule has 5 rings (SSSR count). The lowest BCUT2D eigenvalue weighted by molar-refractivity contribution is -0.121. The SMILES string of the molecule is CCN(CC)c1ccc(C=C2C(=O)N(c3ccccc3)C(=O)N(c3ccccc3)C2=O)c(OCc2ccc(I)cc2)c1. The van der Waals surface area contributed by atoms with Gasteiger partial charge in [-0.15, -0.1) is 0 Å². The van der Waals surface area contributed by atoms with E-state index in [2.05, 4.69) is 41.3 Å². The molecule has 8 heteroatoms. The number of amides is 4. The van der Waals surface area contributed by atoms with Crippen LogP contribution in [0.25, 0.3) is 6.08 Å². The molecule has 1 aliphatic heterocycles. The maximum atomic E-state index is 13.9. The van der Waals surface area contributed by atoms with E-state index in [-0.39, 0.29) is 5.57 Å². The van der Waals surface area contributed by atoms with Gasteiger partial charge in [0.05, 0.1) is 11.4 Å². The van der Waals surface area contributed by atoms with E-state index >= 15 is 0 Å². The van der Waals surface area contributed by atoms with Crippen molar-refractivity contribution in [3.8, 4) is 5.75 Å². The second kappa shape index (κ2) is 13.0. The molecule has 0 aliphatic carbocycles. The number of carbonyl (C=O) groups is 3. The van der Waals surface area contributed by atoms with Crippen LogP contribution in [0.4, 0.5) is 21.9 Å². The van der Waals surface area contributed by atoms with Gasteiger partial charge in [-0.25, -0.2) is 14.6 Å². The number of halogens is 1. The number of ether oxygens (including phenoxy) is 1. The zero-order valence-electron chi connectivity index (χ0n) is 23.4. The maximum Gasteiger partial charge on any atom is 0.343 e. The summed E-state index contributed by atoms with van der Waals surface area (Å²) in [4.78, 5) is 45.6. The molecule has 0 atom stereocenters. The van der Waals surface area contributed by atoms with Gasteiger partial charge in [-0.3, -0.25) is 9.59 Å². The van der Waals surface area contributed by atoms with Gasteiger partial charge in [0.15, 0.2) is 0 Å². The van der Waals surface area contributed by atoms with Gasteiger partial charge in [-0.1, -0.05) is 48.5 Å². The van der Waals surface area contributed by atoms with E-state index < -0.39 is 17.8 Å². The van der Waals surface area contributed by atoms with E-state index in [1.165, 1.54) is 6.08 Å². The van der Waals surface area contributed by atoms with Crippen LogP contribution in [0.15, 0.2) is 109 Å². The average Bonchev–Trinajstić information content (AvgIpc) is 3.01. The van der Waals surface area contributed by atoms with Gasteiger partial charge in [-0.05, 0) is 96.6 Å². The highest BCUT2D eigenvalue weighted by atomic mass is 127. The molecule has 0 aromatic heterocycles. The summed E-state index contributed by atoms with van der Waals surface area (Å²) >= 11 is 2.26. The minimum Gasteiger partial charge on any atom is -0.488 e. The number of hydrogen-bond donors (Lipinski definition) is 0. The summed E-state index contributed by atoms with van der Waals surface area (Å²) in [7, 11) is 0. The summed E-state index contributed by atoms with van der Waals surface area (Å²) in [5.41, 5.74) is 3.12. The number of hydrogen-bond acceptors (Lipinski definition) is 5. The number of anilines is 3. The monoisotopic (exact) mass is 671 g/mol. The van der Waals surface area contributed by atoms with E-state index in [0.717, 1.165) is 37.7 Å². The Morgan fingerprint density at radius 3 is 1.81 bits per heavy atom. The van der Waals surface area contributed by atoms with Crippen LogP contribution in [-0.2, 0) is 16.2 Å². The van der Waals surface area contributed by atoms with Gasteiger partial charge in [0.1, 0.15) is 17.9 Å². The van der Waals surface area contributed by atoms with Gasteiger partial charge in [0.25, 0.3) is 11.8 Å². The molecule has 1 aliphatic rings. The first kappa shape index (κ1) is 29.1. The molecule has 212 valence electrons. The quantitative estimate of drug-likeness (QED) is 0.106. The molecule has 1 saturated heterocycles. The normalized spacial score (nSPS) is 13.4. The molecule has 7 nitrogen and oxygen atoms in total. The van der Waals surface area contributed by atoms with Crippen molar-refractivity contribution in [1.82, 2.24) is 0 Å². The Morgan fingerprint density at radius 2 is 1.29 bits per heavy atom. The minimum absolute atomic E-state index is 0.142. The first-order chi connectivity index (χ1) is 20.4. The highest BCUT2D eigenvalue weighted by Gasteiger charge is 2.43. The predicted molar refractivity (Wildman–Crippen MR) is 175 cm³/mol. The maximum absolute atomic E-state index is 13.9. The molecular formula is C34H30IN3O4. The van der Waals surface area contributed by atoms with Crippen LogP contribution in [0.3, 0.4) is 0 Å². The van der Waals surface area contributed by atoms with Crippen LogP contribution in [0.1, 0.15) is 25.0 Å². The van der Waals surface area contributed by atoms with E-state index in [0.29, 0.717) is 29.3 Å². The van der Waals surface area contributed by atoms with Crippen LogP contribution in [0.5, 0.6) is 5.75 Å². The Morgan fingerprint density at radius 1 is 0.738 bits per heavy atom. The molecule has 4 aromatic rings. The first-order valence-corrected chi connectivity index (χ1v) is 14.8. The lowest BCUT2D eigenvalue weighted by atomic mass is 10.0. The second-order valence-corrected chi connectivity index (χ2v) is 10.8. The van der Waals surface area contributed by atoms with Crippen LogP contribution in [-0.4, -0.2) is 30.9 Å². The fraction of sp³-hybridized carbons (Fsp3) is 0.147. The van der Waals surface area contributed by atoms with Crippen molar-refractivity contribution in [3.63, 3.8) is 0 Å². The molecule has 1 fully saturated rings. The standard InChI is InChI=1S/C34H30IN3O4/c1-3-36(4-2)29-20-17-25(31(22-29)42-23-24-15-18-26(35)19-16-24)21-30-32(39)37(27-11-7-5-8-12-27)34(41)38(33(30)40)28-13-9-6-10-14-28/h5-22H,3-4,23H2,1-2H3. The smallest absolute Gasteiger partial charge is 0.343 e. The number of para-hydroxylation sites is 2. The summed E-state index contributed by atoms with van der Waals surface area (Å²) in [5.74, 6) is -0.861. The van der Waals surface area contributed by atoms with E-state index in [9.17, 15) is 14.4 Å². The van der Waals surface area contributed by atoms with Gasteiger partial charge < -0.3 is 9.64 Å². The molecule has 0 bridgehead atoms. The van der Waals surface area contributed by atoms with E-state index in [1.54, 1.807) is 60.7 Å². The third kappa shape index (κ3) is 6.08. The lowest BCUT2D eigenvalue weighted by Crippen LogP contribution is -2.57. The van der Waals surface area contributed by atoms with Crippen LogP contribution < -0.4 is 19.4 Å². The van der Waals surface area contributed by atoms with Crippen molar-refractivity contribution in [2.24, 2.45) is 0 Å². The Balaban J connectivity index is 1.60. The van der Waals surface area contributed by atoms with Crippen molar-refractivity contribution in [1.29, 1.82) is 0 Å². The molecular weight excluding hydrogens is 641 g/mol. The molecule has 42 heavy (non-hydrogen) atoms. The molecule has 4 aromatic carbocycles. The first-order valence-electron chi connectivity index (χ1n) is 13.7. The highest BCUT2D eigenvalue weighted by molar-refractivity contribution is 14.1. The van der Waals surface area contributed by atoms with Crippen molar-refractivity contribution in [2.75, 3.05) is 27.8 Å². The summed E-state index contributed by atoms with van der Waals surface area (Å²) in [6, 6.07) is 30.3. The lowest BCUT2D eigenvalue weighted by Gasteiger charge is -2.34. The molecule has 0 N–H and O–H groups in total. The van der Waals surface area contributed by atoms with Gasteiger partial charge in [0, 0.05) is 34.0 Å². The number of carbonyl (C=O) groups excluding carboxylic acids is 3. The number of barbiturate groups is 1. The zero-order valence-corrected chi connectivity index (χ0v) is 25.5. The van der Waals surface area contributed by atoms with Crippen LogP contribution in [0, 0.1) is 3.57 Å². The van der Waals surface area contributed by atoms with Crippen molar-refractivity contribution >= 4 is 63.6 Å². The fourth-order valence-corrected chi connectivity index (χ4v) is 5.15. The Labute approximate surface area is 259 Å². The number of rotatable bonds is 9. The summed E-state index contributed by atoms with van der Waals surface area (Å²) < 4.78 is 7.43. The molecule has 0 saturated carbocycles.